The molecule has 0 unspecified atom stereocenters. The van der Waals surface area contributed by atoms with Crippen LogP contribution in [0.25, 0.3) is 0 Å². The van der Waals surface area contributed by atoms with Gasteiger partial charge in [0.15, 0.2) is 5.78 Å². The van der Waals surface area contributed by atoms with Crippen LogP contribution >= 0.6 is 0 Å². The molecular weight excluding hydrogens is 252 g/mol. The smallest absolute Gasteiger partial charge is 0.310 e. The summed E-state index contributed by atoms with van der Waals surface area (Å²) in [5.41, 5.74) is 1.36. The molecule has 3 heteroatoms. The first-order valence-corrected chi connectivity index (χ1v) is 7.01. The molecule has 2 rings (SSSR count). The third-order valence-corrected chi connectivity index (χ3v) is 5.46. The zero-order valence-electron chi connectivity index (χ0n) is 12.9. The average Bonchev–Trinajstić information content (AvgIpc) is 2.58. The standard InChI is InChI=1S/C17H22O3/c1-7-8-11-10(2)13(9-12(11)18)20-15(19)14-16(3,4)17(14,5)6/h1,13-14H,8-9H2,2-6H3/t13-/m0/s1. The van der Waals surface area contributed by atoms with E-state index in [1.54, 1.807) is 0 Å². The van der Waals surface area contributed by atoms with E-state index in [2.05, 4.69) is 33.6 Å². The highest BCUT2D eigenvalue weighted by molar-refractivity contribution is 6.00. The summed E-state index contributed by atoms with van der Waals surface area (Å²) < 4.78 is 5.58. The number of ether oxygens (including phenoxy) is 1. The van der Waals surface area contributed by atoms with Crippen LogP contribution in [0.1, 0.15) is 47.5 Å². The molecule has 108 valence electrons. The summed E-state index contributed by atoms with van der Waals surface area (Å²) in [5, 5.41) is 0. The van der Waals surface area contributed by atoms with Crippen LogP contribution in [0.2, 0.25) is 0 Å². The Hall–Kier alpha value is -1.56. The van der Waals surface area contributed by atoms with Gasteiger partial charge in [-0.15, -0.1) is 12.3 Å². The lowest BCUT2D eigenvalue weighted by Crippen LogP contribution is -2.21. The summed E-state index contributed by atoms with van der Waals surface area (Å²) in [4.78, 5) is 24.2. The Morgan fingerprint density at radius 2 is 1.90 bits per heavy atom. The van der Waals surface area contributed by atoms with Crippen LogP contribution in [-0.4, -0.2) is 17.9 Å². The first kappa shape index (κ1) is 14.8. The van der Waals surface area contributed by atoms with Gasteiger partial charge in [0.05, 0.1) is 12.3 Å². The maximum Gasteiger partial charge on any atom is 0.310 e. The fourth-order valence-electron chi connectivity index (χ4n) is 3.32. The highest BCUT2D eigenvalue weighted by atomic mass is 16.5. The first-order chi connectivity index (χ1) is 9.14. The maximum absolute atomic E-state index is 12.3. The van der Waals surface area contributed by atoms with Gasteiger partial charge in [0, 0.05) is 12.0 Å². The molecule has 0 N–H and O–H groups in total. The molecule has 0 aliphatic heterocycles. The zero-order chi connectivity index (χ0) is 15.3. The molecule has 2 aliphatic rings. The molecule has 0 radical (unpaired) electrons. The Bertz CT molecular complexity index is 529. The number of carbonyl (C=O) groups is 2. The van der Waals surface area contributed by atoms with Gasteiger partial charge in [-0.05, 0) is 23.3 Å². The molecule has 0 amide bonds. The summed E-state index contributed by atoms with van der Waals surface area (Å²) in [6, 6.07) is 0. The number of terminal acetylenes is 1. The predicted molar refractivity (Wildman–Crippen MR) is 76.7 cm³/mol. The second-order valence-electron chi connectivity index (χ2n) is 6.97. The van der Waals surface area contributed by atoms with E-state index >= 15 is 0 Å². The molecule has 0 aromatic carbocycles. The van der Waals surface area contributed by atoms with Gasteiger partial charge in [-0.1, -0.05) is 27.7 Å². The number of Topliss-reactive ketones (excluding diaryl/α,β-unsaturated/α-hetero) is 1. The van der Waals surface area contributed by atoms with Crippen LogP contribution in [0.4, 0.5) is 0 Å². The second-order valence-corrected chi connectivity index (χ2v) is 6.97. The summed E-state index contributed by atoms with van der Waals surface area (Å²) in [6.45, 7) is 10.1. The Kier molecular flexibility index (Phi) is 3.32. The lowest BCUT2D eigenvalue weighted by molar-refractivity contribution is -0.150. The van der Waals surface area contributed by atoms with E-state index in [4.69, 9.17) is 11.2 Å². The molecule has 1 fully saturated rings. The fraction of sp³-hybridized carbons (Fsp3) is 0.647. The van der Waals surface area contributed by atoms with Crippen molar-refractivity contribution >= 4 is 11.8 Å². The monoisotopic (exact) mass is 274 g/mol. The number of carbonyl (C=O) groups excluding carboxylic acids is 2. The van der Waals surface area contributed by atoms with Gasteiger partial charge >= 0.3 is 5.97 Å². The van der Waals surface area contributed by atoms with E-state index in [0.29, 0.717) is 12.0 Å². The quantitative estimate of drug-likeness (QED) is 0.587. The Balaban J connectivity index is 2.08. The van der Waals surface area contributed by atoms with Crippen molar-refractivity contribution in [2.24, 2.45) is 16.7 Å². The van der Waals surface area contributed by atoms with Crippen molar-refractivity contribution < 1.29 is 14.3 Å². The maximum atomic E-state index is 12.3. The molecule has 3 nitrogen and oxygen atoms in total. The molecule has 0 aromatic heterocycles. The van der Waals surface area contributed by atoms with Crippen molar-refractivity contribution in [1.82, 2.24) is 0 Å². The summed E-state index contributed by atoms with van der Waals surface area (Å²) in [7, 11) is 0. The largest absolute Gasteiger partial charge is 0.457 e. The number of allylic oxidation sites excluding steroid dienone is 1. The zero-order valence-corrected chi connectivity index (χ0v) is 12.9. The lowest BCUT2D eigenvalue weighted by Gasteiger charge is -2.14. The van der Waals surface area contributed by atoms with Gasteiger partial charge in [0.25, 0.3) is 0 Å². The van der Waals surface area contributed by atoms with Crippen molar-refractivity contribution in [2.45, 2.75) is 53.6 Å². The third kappa shape index (κ3) is 1.98. The summed E-state index contributed by atoms with van der Waals surface area (Å²) in [6.07, 6.45) is 5.40. The number of esters is 1. The van der Waals surface area contributed by atoms with E-state index in [0.717, 1.165) is 5.57 Å². The van der Waals surface area contributed by atoms with Crippen LogP contribution in [0.15, 0.2) is 11.1 Å². The van der Waals surface area contributed by atoms with E-state index in [1.165, 1.54) is 0 Å². The average molecular weight is 274 g/mol. The van der Waals surface area contributed by atoms with Crippen LogP contribution in [0.3, 0.4) is 0 Å². The number of ketones is 1. The molecule has 1 saturated carbocycles. The second kappa shape index (κ2) is 4.48. The Labute approximate surface area is 120 Å². The molecule has 1 atom stereocenters. The van der Waals surface area contributed by atoms with E-state index in [9.17, 15) is 9.59 Å². The summed E-state index contributed by atoms with van der Waals surface area (Å²) >= 11 is 0. The number of rotatable bonds is 3. The topological polar surface area (TPSA) is 43.4 Å². The third-order valence-electron chi connectivity index (χ3n) is 5.46. The van der Waals surface area contributed by atoms with Crippen LogP contribution in [-0.2, 0) is 14.3 Å². The predicted octanol–water partition coefficient (Wildman–Crippen LogP) is 2.89. The minimum atomic E-state index is -0.425. The molecule has 0 bridgehead atoms. The van der Waals surface area contributed by atoms with Crippen LogP contribution < -0.4 is 0 Å². The van der Waals surface area contributed by atoms with Gasteiger partial charge in [-0.2, -0.15) is 0 Å². The first-order valence-electron chi connectivity index (χ1n) is 7.01. The molecule has 20 heavy (non-hydrogen) atoms. The van der Waals surface area contributed by atoms with Crippen molar-refractivity contribution in [2.75, 3.05) is 0 Å². The van der Waals surface area contributed by atoms with Crippen molar-refractivity contribution in [3.63, 3.8) is 0 Å². The summed E-state index contributed by atoms with van der Waals surface area (Å²) in [5.74, 6) is 2.20. The molecule has 0 spiro atoms. The van der Waals surface area contributed by atoms with E-state index in [-0.39, 0.29) is 34.9 Å². The molecule has 0 aromatic rings. The van der Waals surface area contributed by atoms with Gasteiger partial charge in [0.1, 0.15) is 6.10 Å². The van der Waals surface area contributed by atoms with Crippen LogP contribution in [0, 0.1) is 29.1 Å². The highest BCUT2D eigenvalue weighted by Crippen LogP contribution is 2.68. The van der Waals surface area contributed by atoms with Crippen molar-refractivity contribution in [1.29, 1.82) is 0 Å². The molecule has 2 aliphatic carbocycles. The minimum absolute atomic E-state index is 0.00701. The molecule has 0 heterocycles. The van der Waals surface area contributed by atoms with E-state index in [1.807, 2.05) is 6.92 Å². The van der Waals surface area contributed by atoms with Crippen LogP contribution in [0.5, 0.6) is 0 Å². The van der Waals surface area contributed by atoms with Crippen molar-refractivity contribution in [3.8, 4) is 12.3 Å². The normalized spacial score (nSPS) is 27.4. The van der Waals surface area contributed by atoms with Gasteiger partial charge < -0.3 is 4.74 Å². The van der Waals surface area contributed by atoms with Gasteiger partial charge in [-0.3, -0.25) is 9.59 Å². The number of hydrogen-bond acceptors (Lipinski definition) is 3. The molecular formula is C17H22O3. The van der Waals surface area contributed by atoms with Gasteiger partial charge in [0.2, 0.25) is 0 Å². The SMILES string of the molecule is C#CCC1=C(C)[C@@H](OC(=O)C2C(C)(C)C2(C)C)CC1=O. The van der Waals surface area contributed by atoms with Gasteiger partial charge in [-0.25, -0.2) is 0 Å². The lowest BCUT2D eigenvalue weighted by atomic mass is 10.0. The highest BCUT2D eigenvalue weighted by Gasteiger charge is 2.69. The van der Waals surface area contributed by atoms with Crippen molar-refractivity contribution in [3.05, 3.63) is 11.1 Å². The number of hydrogen-bond donors (Lipinski definition) is 0. The fourth-order valence-corrected chi connectivity index (χ4v) is 3.32. The van der Waals surface area contributed by atoms with E-state index < -0.39 is 6.10 Å². The Morgan fingerprint density at radius 1 is 1.35 bits per heavy atom. The Morgan fingerprint density at radius 3 is 2.35 bits per heavy atom. The minimum Gasteiger partial charge on any atom is -0.457 e. The molecule has 0 saturated heterocycles.